The average molecular weight is 344 g/mol. The molecule has 1 aromatic heterocycles. The van der Waals surface area contributed by atoms with E-state index in [0.717, 1.165) is 5.69 Å². The molecule has 2 aliphatic rings. The Morgan fingerprint density at radius 2 is 2.04 bits per heavy atom. The second-order valence-electron chi connectivity index (χ2n) is 6.27. The van der Waals surface area contributed by atoms with Crippen LogP contribution >= 0.6 is 0 Å². The lowest BCUT2D eigenvalue weighted by Gasteiger charge is -2.20. The van der Waals surface area contributed by atoms with Gasteiger partial charge in [-0.2, -0.15) is 0 Å². The monoisotopic (exact) mass is 344 g/mol. The predicted octanol–water partition coefficient (Wildman–Crippen LogP) is 0.841. The summed E-state index contributed by atoms with van der Waals surface area (Å²) in [5.41, 5.74) is 1.42. The maximum Gasteiger partial charge on any atom is 0.254 e. The molecule has 8 heteroatoms. The summed E-state index contributed by atoms with van der Waals surface area (Å²) in [5.74, 6) is 1.26. The van der Waals surface area contributed by atoms with E-state index in [1.54, 1.807) is 34.9 Å². The first-order chi connectivity index (χ1) is 12.2. The zero-order valence-corrected chi connectivity index (χ0v) is 14.2. The van der Waals surface area contributed by atoms with Crippen molar-refractivity contribution in [1.29, 1.82) is 0 Å². The molecule has 0 saturated carbocycles. The van der Waals surface area contributed by atoms with Crippen LogP contribution in [-0.2, 0) is 11.8 Å². The fraction of sp³-hybridized carbons (Fsp3) is 0.471. The van der Waals surface area contributed by atoms with Crippen molar-refractivity contribution >= 4 is 5.91 Å². The van der Waals surface area contributed by atoms with Gasteiger partial charge >= 0.3 is 0 Å². The zero-order chi connectivity index (χ0) is 17.4. The van der Waals surface area contributed by atoms with Gasteiger partial charge in [0.25, 0.3) is 5.91 Å². The van der Waals surface area contributed by atoms with E-state index >= 15 is 0 Å². The second-order valence-corrected chi connectivity index (χ2v) is 6.27. The van der Waals surface area contributed by atoms with E-state index in [4.69, 9.17) is 14.2 Å². The first-order valence-corrected chi connectivity index (χ1v) is 8.23. The van der Waals surface area contributed by atoms with Gasteiger partial charge in [-0.3, -0.25) is 9.48 Å². The molecule has 0 radical (unpaired) electrons. The highest BCUT2D eigenvalue weighted by Gasteiger charge is 2.38. The molecule has 1 fully saturated rings. The van der Waals surface area contributed by atoms with E-state index in [1.807, 2.05) is 13.2 Å². The Kier molecular flexibility index (Phi) is 4.04. The Balaban J connectivity index is 1.54. The summed E-state index contributed by atoms with van der Waals surface area (Å²) in [7, 11) is 3.48. The van der Waals surface area contributed by atoms with Crippen LogP contribution in [0.4, 0.5) is 0 Å². The van der Waals surface area contributed by atoms with Gasteiger partial charge in [-0.15, -0.1) is 5.10 Å². The van der Waals surface area contributed by atoms with Crippen molar-refractivity contribution < 1.29 is 19.0 Å². The summed E-state index contributed by atoms with van der Waals surface area (Å²) in [6.07, 6.45) is 1.77. The van der Waals surface area contributed by atoms with E-state index in [9.17, 15) is 4.79 Å². The molecule has 0 N–H and O–H groups in total. The molecule has 0 bridgehead atoms. The number of aryl methyl sites for hydroxylation is 1. The number of fused-ring (bicyclic) bond motifs is 1. The number of amides is 1. The Morgan fingerprint density at radius 3 is 2.76 bits per heavy atom. The molecular formula is C17H20N4O4. The van der Waals surface area contributed by atoms with Crippen LogP contribution in [0.15, 0.2) is 24.4 Å². The van der Waals surface area contributed by atoms with Gasteiger partial charge in [-0.1, -0.05) is 5.21 Å². The number of benzene rings is 1. The molecular weight excluding hydrogens is 324 g/mol. The van der Waals surface area contributed by atoms with Gasteiger partial charge in [-0.25, -0.2) is 0 Å². The largest absolute Gasteiger partial charge is 0.486 e. The predicted molar refractivity (Wildman–Crippen MR) is 87.9 cm³/mol. The number of aromatic nitrogens is 3. The Morgan fingerprint density at radius 1 is 1.24 bits per heavy atom. The molecule has 2 atom stereocenters. The quantitative estimate of drug-likeness (QED) is 0.821. The molecule has 1 amide bonds. The molecule has 132 valence electrons. The standard InChI is InChI=1S/C17H20N4O4/c1-20-9-13(18-19-20)12-8-21(10-16(12)23-2)17(22)11-3-4-14-15(7-11)25-6-5-24-14/h3-4,7,9,12,16H,5-6,8,10H2,1-2H3/t12-,16+/m0/s1. The fourth-order valence-electron chi connectivity index (χ4n) is 3.36. The zero-order valence-electron chi connectivity index (χ0n) is 14.2. The van der Waals surface area contributed by atoms with Crippen molar-refractivity contribution in [3.63, 3.8) is 0 Å². The molecule has 0 unspecified atom stereocenters. The van der Waals surface area contributed by atoms with Crippen LogP contribution < -0.4 is 9.47 Å². The van der Waals surface area contributed by atoms with Gasteiger partial charge < -0.3 is 19.1 Å². The van der Waals surface area contributed by atoms with Crippen molar-refractivity contribution in [2.75, 3.05) is 33.4 Å². The molecule has 1 saturated heterocycles. The fourth-order valence-corrected chi connectivity index (χ4v) is 3.36. The number of nitrogens with zero attached hydrogens (tertiary/aromatic N) is 4. The maximum atomic E-state index is 12.9. The summed E-state index contributed by atoms with van der Waals surface area (Å²) in [4.78, 5) is 14.7. The third kappa shape index (κ3) is 2.93. The minimum Gasteiger partial charge on any atom is -0.486 e. The second kappa shape index (κ2) is 6.36. The first kappa shape index (κ1) is 15.9. The number of ether oxygens (including phenoxy) is 3. The molecule has 0 spiro atoms. The third-order valence-electron chi connectivity index (χ3n) is 4.65. The van der Waals surface area contributed by atoms with Crippen molar-refractivity contribution in [3.8, 4) is 11.5 Å². The van der Waals surface area contributed by atoms with Crippen LogP contribution in [0.1, 0.15) is 22.0 Å². The van der Waals surface area contributed by atoms with Crippen LogP contribution in [0, 0.1) is 0 Å². The van der Waals surface area contributed by atoms with E-state index in [0.29, 0.717) is 43.4 Å². The smallest absolute Gasteiger partial charge is 0.254 e. The third-order valence-corrected chi connectivity index (χ3v) is 4.65. The molecule has 0 aliphatic carbocycles. The number of methoxy groups -OCH3 is 1. The number of carbonyl (C=O) groups is 1. The van der Waals surface area contributed by atoms with Crippen LogP contribution in [0.3, 0.4) is 0 Å². The molecule has 8 nitrogen and oxygen atoms in total. The normalized spacial score (nSPS) is 22.2. The van der Waals surface area contributed by atoms with E-state index in [-0.39, 0.29) is 17.9 Å². The van der Waals surface area contributed by atoms with Crippen molar-refractivity contribution in [3.05, 3.63) is 35.7 Å². The highest BCUT2D eigenvalue weighted by Crippen LogP contribution is 2.33. The Labute approximate surface area is 145 Å². The van der Waals surface area contributed by atoms with Gasteiger partial charge in [0.15, 0.2) is 11.5 Å². The number of hydrogen-bond donors (Lipinski definition) is 0. The molecule has 2 aromatic rings. The van der Waals surface area contributed by atoms with Gasteiger partial charge in [-0.05, 0) is 18.2 Å². The SMILES string of the molecule is CO[C@@H]1CN(C(=O)c2ccc3c(c2)OCCO3)C[C@H]1c1cn(C)nn1. The summed E-state index contributed by atoms with van der Waals surface area (Å²) in [6.45, 7) is 2.09. The summed E-state index contributed by atoms with van der Waals surface area (Å²) in [6, 6.07) is 5.30. The lowest BCUT2D eigenvalue weighted by atomic mass is 10.0. The van der Waals surface area contributed by atoms with E-state index in [2.05, 4.69) is 10.3 Å². The van der Waals surface area contributed by atoms with Gasteiger partial charge in [0.2, 0.25) is 0 Å². The van der Waals surface area contributed by atoms with Crippen LogP contribution in [0.5, 0.6) is 11.5 Å². The molecule has 25 heavy (non-hydrogen) atoms. The van der Waals surface area contributed by atoms with Crippen LogP contribution in [0.2, 0.25) is 0 Å². The van der Waals surface area contributed by atoms with Gasteiger partial charge in [0, 0.05) is 39.0 Å². The maximum absolute atomic E-state index is 12.9. The molecule has 3 heterocycles. The van der Waals surface area contributed by atoms with Gasteiger partial charge in [0.05, 0.1) is 17.7 Å². The molecule has 4 rings (SSSR count). The minimum atomic E-state index is -0.0992. The summed E-state index contributed by atoms with van der Waals surface area (Å²) >= 11 is 0. The molecule has 1 aromatic carbocycles. The van der Waals surface area contributed by atoms with Crippen molar-refractivity contribution in [1.82, 2.24) is 19.9 Å². The van der Waals surface area contributed by atoms with Crippen molar-refractivity contribution in [2.45, 2.75) is 12.0 Å². The minimum absolute atomic E-state index is 0.0138. The number of hydrogen-bond acceptors (Lipinski definition) is 6. The highest BCUT2D eigenvalue weighted by molar-refractivity contribution is 5.95. The topological polar surface area (TPSA) is 78.7 Å². The molecule has 2 aliphatic heterocycles. The lowest BCUT2D eigenvalue weighted by molar-refractivity contribution is 0.0713. The van der Waals surface area contributed by atoms with Crippen molar-refractivity contribution in [2.24, 2.45) is 7.05 Å². The first-order valence-electron chi connectivity index (χ1n) is 8.23. The number of carbonyl (C=O) groups excluding carboxylic acids is 1. The highest BCUT2D eigenvalue weighted by atomic mass is 16.6. The van der Waals surface area contributed by atoms with Gasteiger partial charge in [0.1, 0.15) is 13.2 Å². The lowest BCUT2D eigenvalue weighted by Crippen LogP contribution is -2.30. The Bertz CT molecular complexity index is 791. The average Bonchev–Trinajstić information content (AvgIpc) is 3.26. The Hall–Kier alpha value is -2.61. The summed E-state index contributed by atoms with van der Waals surface area (Å²) < 4.78 is 18.3. The van der Waals surface area contributed by atoms with E-state index in [1.165, 1.54) is 0 Å². The number of rotatable bonds is 3. The van der Waals surface area contributed by atoms with E-state index < -0.39 is 0 Å². The summed E-state index contributed by atoms with van der Waals surface area (Å²) in [5, 5.41) is 8.16. The van der Waals surface area contributed by atoms with Crippen LogP contribution in [-0.4, -0.2) is 65.3 Å². The van der Waals surface area contributed by atoms with Crippen LogP contribution in [0.25, 0.3) is 0 Å². The number of likely N-dealkylation sites (tertiary alicyclic amines) is 1.